The van der Waals surface area contributed by atoms with Crippen molar-refractivity contribution in [2.24, 2.45) is 0 Å². The highest BCUT2D eigenvalue weighted by molar-refractivity contribution is 4.98. The summed E-state index contributed by atoms with van der Waals surface area (Å²) >= 11 is 0. The van der Waals surface area contributed by atoms with Crippen molar-refractivity contribution in [3.8, 4) is 11.8 Å². The Bertz CT molecular complexity index is 116. The van der Waals surface area contributed by atoms with Crippen molar-refractivity contribution in [2.75, 3.05) is 6.61 Å². The maximum Gasteiger partial charge on any atom is 0.104 e. The molecule has 0 fully saturated rings. The van der Waals surface area contributed by atoms with Gasteiger partial charge in [0.05, 0.1) is 0 Å². The van der Waals surface area contributed by atoms with Crippen LogP contribution in [0.1, 0.15) is 19.3 Å². The molecule has 1 nitrogen and oxygen atoms in total. The smallest absolute Gasteiger partial charge is 0.104 e. The monoisotopic (exact) mass is 124 g/mol. The van der Waals surface area contributed by atoms with Gasteiger partial charge in [-0.3, -0.25) is 0 Å². The average molecular weight is 124 g/mol. The van der Waals surface area contributed by atoms with Crippen LogP contribution >= 0.6 is 0 Å². The van der Waals surface area contributed by atoms with E-state index in [0.717, 1.165) is 19.3 Å². The Balaban J connectivity index is 2.98. The second kappa shape index (κ2) is 7.26. The molecule has 0 unspecified atom stereocenters. The minimum absolute atomic E-state index is 0.0198. The van der Waals surface area contributed by atoms with E-state index in [1.807, 2.05) is 6.08 Å². The van der Waals surface area contributed by atoms with E-state index in [1.54, 1.807) is 0 Å². The summed E-state index contributed by atoms with van der Waals surface area (Å²) in [6.07, 6.45) is 4.81. The first-order valence-corrected chi connectivity index (χ1v) is 3.09. The molecule has 1 N–H and O–H groups in total. The molecule has 0 heterocycles. The third-order valence-corrected chi connectivity index (χ3v) is 0.914. The van der Waals surface area contributed by atoms with Gasteiger partial charge in [-0.1, -0.05) is 12.0 Å². The fraction of sp³-hybridized carbons (Fsp3) is 0.500. The Morgan fingerprint density at radius 1 is 1.44 bits per heavy atom. The van der Waals surface area contributed by atoms with Crippen molar-refractivity contribution in [3.63, 3.8) is 0 Å². The molecule has 0 aromatic rings. The van der Waals surface area contributed by atoms with Gasteiger partial charge in [-0.2, -0.15) is 0 Å². The zero-order valence-electron chi connectivity index (χ0n) is 5.56. The van der Waals surface area contributed by atoms with Crippen molar-refractivity contribution < 1.29 is 5.11 Å². The van der Waals surface area contributed by atoms with Gasteiger partial charge in [0.1, 0.15) is 6.61 Å². The standard InChI is InChI=1S/C8H12O/c1-2-3-4-5-6-7-8-9/h2,9H,1,3-5,8H2. The van der Waals surface area contributed by atoms with Crippen LogP contribution in [0.5, 0.6) is 0 Å². The fourth-order valence-corrected chi connectivity index (χ4v) is 0.479. The number of hydrogen-bond acceptors (Lipinski definition) is 1. The van der Waals surface area contributed by atoms with Gasteiger partial charge in [0.15, 0.2) is 0 Å². The molecule has 0 amide bonds. The first-order chi connectivity index (χ1) is 4.41. The lowest BCUT2D eigenvalue weighted by atomic mass is 10.2. The Hall–Kier alpha value is -0.740. The number of aliphatic hydroxyl groups excluding tert-OH is 1. The largest absolute Gasteiger partial charge is 0.384 e. The summed E-state index contributed by atoms with van der Waals surface area (Å²) in [5, 5.41) is 8.23. The van der Waals surface area contributed by atoms with Crippen molar-refractivity contribution >= 4 is 0 Å². The van der Waals surface area contributed by atoms with Crippen LogP contribution in [0, 0.1) is 11.8 Å². The van der Waals surface area contributed by atoms with Crippen LogP contribution in [0.25, 0.3) is 0 Å². The second-order valence-corrected chi connectivity index (χ2v) is 1.69. The van der Waals surface area contributed by atoms with Crippen LogP contribution in [0.2, 0.25) is 0 Å². The van der Waals surface area contributed by atoms with Crippen molar-refractivity contribution in [3.05, 3.63) is 12.7 Å². The summed E-state index contributed by atoms with van der Waals surface area (Å²) in [5.74, 6) is 5.40. The summed E-state index contributed by atoms with van der Waals surface area (Å²) in [6.45, 7) is 3.56. The van der Waals surface area contributed by atoms with Gasteiger partial charge in [0.25, 0.3) is 0 Å². The molecule has 0 aromatic carbocycles. The van der Waals surface area contributed by atoms with Crippen molar-refractivity contribution in [2.45, 2.75) is 19.3 Å². The summed E-state index contributed by atoms with van der Waals surface area (Å²) in [7, 11) is 0. The highest BCUT2D eigenvalue weighted by Gasteiger charge is 1.76. The van der Waals surface area contributed by atoms with Crippen LogP contribution in [0.3, 0.4) is 0 Å². The van der Waals surface area contributed by atoms with Crippen LogP contribution in [0.15, 0.2) is 12.7 Å². The molecule has 1 heteroatoms. The zero-order chi connectivity index (χ0) is 6.95. The number of unbranched alkanes of at least 4 members (excludes halogenated alkanes) is 2. The molecule has 0 aromatic heterocycles. The quantitative estimate of drug-likeness (QED) is 0.342. The van der Waals surface area contributed by atoms with Gasteiger partial charge in [-0.25, -0.2) is 0 Å². The molecule has 0 rings (SSSR count). The maximum atomic E-state index is 8.23. The Morgan fingerprint density at radius 2 is 2.22 bits per heavy atom. The third-order valence-electron chi connectivity index (χ3n) is 0.914. The maximum absolute atomic E-state index is 8.23. The lowest BCUT2D eigenvalue weighted by Crippen LogP contribution is -1.72. The first kappa shape index (κ1) is 8.26. The number of allylic oxidation sites excluding steroid dienone is 1. The summed E-state index contributed by atoms with van der Waals surface area (Å²) < 4.78 is 0. The predicted octanol–water partition coefficient (Wildman–Crippen LogP) is 1.34. The molecule has 0 aliphatic heterocycles. The highest BCUT2D eigenvalue weighted by atomic mass is 16.2. The van der Waals surface area contributed by atoms with E-state index >= 15 is 0 Å². The molecule has 0 radical (unpaired) electrons. The van der Waals surface area contributed by atoms with E-state index in [4.69, 9.17) is 5.11 Å². The van der Waals surface area contributed by atoms with Gasteiger partial charge in [-0.15, -0.1) is 12.5 Å². The van der Waals surface area contributed by atoms with Crippen molar-refractivity contribution in [1.82, 2.24) is 0 Å². The van der Waals surface area contributed by atoms with E-state index in [9.17, 15) is 0 Å². The minimum Gasteiger partial charge on any atom is -0.384 e. The van der Waals surface area contributed by atoms with Gasteiger partial charge in [0, 0.05) is 6.42 Å². The van der Waals surface area contributed by atoms with E-state index in [2.05, 4.69) is 18.4 Å². The van der Waals surface area contributed by atoms with E-state index in [0.29, 0.717) is 0 Å². The summed E-state index contributed by atoms with van der Waals surface area (Å²) in [6, 6.07) is 0. The molecule has 0 atom stereocenters. The Labute approximate surface area is 56.4 Å². The molecule has 0 saturated heterocycles. The van der Waals surface area contributed by atoms with Crippen LogP contribution in [-0.4, -0.2) is 11.7 Å². The summed E-state index contributed by atoms with van der Waals surface area (Å²) in [4.78, 5) is 0. The molecule has 0 saturated carbocycles. The summed E-state index contributed by atoms with van der Waals surface area (Å²) in [5.41, 5.74) is 0. The molecule has 0 aliphatic carbocycles. The molecule has 0 bridgehead atoms. The molecule has 50 valence electrons. The third kappa shape index (κ3) is 7.26. The topological polar surface area (TPSA) is 20.2 Å². The molecular formula is C8H12O. The average Bonchev–Trinajstić information content (AvgIpc) is 1.89. The van der Waals surface area contributed by atoms with Gasteiger partial charge < -0.3 is 5.11 Å². The zero-order valence-corrected chi connectivity index (χ0v) is 5.56. The number of rotatable bonds is 3. The van der Waals surface area contributed by atoms with Crippen LogP contribution in [0.4, 0.5) is 0 Å². The normalized spacial score (nSPS) is 7.67. The SMILES string of the molecule is C=CCCCC#CCO. The van der Waals surface area contributed by atoms with Gasteiger partial charge >= 0.3 is 0 Å². The Kier molecular flexibility index (Phi) is 6.66. The van der Waals surface area contributed by atoms with E-state index < -0.39 is 0 Å². The van der Waals surface area contributed by atoms with Crippen molar-refractivity contribution in [1.29, 1.82) is 0 Å². The van der Waals surface area contributed by atoms with Crippen LogP contribution in [-0.2, 0) is 0 Å². The lowest BCUT2D eigenvalue weighted by Gasteiger charge is -1.83. The minimum atomic E-state index is -0.0198. The lowest BCUT2D eigenvalue weighted by molar-refractivity contribution is 0.350. The highest BCUT2D eigenvalue weighted by Crippen LogP contribution is 1.92. The molecular weight excluding hydrogens is 112 g/mol. The van der Waals surface area contributed by atoms with Gasteiger partial charge in [-0.05, 0) is 12.8 Å². The number of hydrogen-bond donors (Lipinski definition) is 1. The Morgan fingerprint density at radius 3 is 2.78 bits per heavy atom. The number of aliphatic hydroxyl groups is 1. The van der Waals surface area contributed by atoms with E-state index in [-0.39, 0.29) is 6.61 Å². The fourth-order valence-electron chi connectivity index (χ4n) is 0.479. The predicted molar refractivity (Wildman–Crippen MR) is 38.9 cm³/mol. The molecule has 0 aliphatic rings. The molecule has 0 spiro atoms. The van der Waals surface area contributed by atoms with E-state index in [1.165, 1.54) is 0 Å². The first-order valence-electron chi connectivity index (χ1n) is 3.09. The molecule has 9 heavy (non-hydrogen) atoms. The van der Waals surface area contributed by atoms with Crippen LogP contribution < -0.4 is 0 Å². The second-order valence-electron chi connectivity index (χ2n) is 1.69. The van der Waals surface area contributed by atoms with Gasteiger partial charge in [0.2, 0.25) is 0 Å².